The topological polar surface area (TPSA) is 65.6 Å². The summed E-state index contributed by atoms with van der Waals surface area (Å²) in [6, 6.07) is 3.92. The average Bonchev–Trinajstić information content (AvgIpc) is 3.32. The molecule has 4 nitrogen and oxygen atoms in total. The van der Waals surface area contributed by atoms with Crippen LogP contribution in [-0.2, 0) is 6.54 Å². The molecule has 0 radical (unpaired) electrons. The molecule has 0 saturated heterocycles. The Balaban J connectivity index is 1.52. The number of aliphatic hydroxyl groups excluding tert-OH is 2. The van der Waals surface area contributed by atoms with Gasteiger partial charge in [-0.3, -0.25) is 0 Å². The fraction of sp³-hybridized carbons (Fsp3) is 0.760. The van der Waals surface area contributed by atoms with Crippen LogP contribution in [0.2, 0.25) is 0 Å². The third kappa shape index (κ3) is 3.73. The molecule has 0 spiro atoms. The van der Waals surface area contributed by atoms with Gasteiger partial charge in [-0.2, -0.15) is 0 Å². The van der Waals surface area contributed by atoms with Gasteiger partial charge in [-0.1, -0.05) is 26.0 Å². The summed E-state index contributed by atoms with van der Waals surface area (Å²) in [4.78, 5) is 0. The molecule has 29 heavy (non-hydrogen) atoms. The zero-order valence-electron chi connectivity index (χ0n) is 18.2. The Morgan fingerprint density at radius 1 is 1.21 bits per heavy atom. The van der Waals surface area contributed by atoms with Crippen molar-refractivity contribution in [1.29, 1.82) is 0 Å². The van der Waals surface area contributed by atoms with Gasteiger partial charge in [0.15, 0.2) is 0 Å². The summed E-state index contributed by atoms with van der Waals surface area (Å²) in [7, 11) is 0. The molecule has 3 saturated carbocycles. The van der Waals surface area contributed by atoms with Crippen molar-refractivity contribution in [1.82, 2.24) is 5.32 Å². The first-order valence-corrected chi connectivity index (χ1v) is 11.6. The third-order valence-electron chi connectivity index (χ3n) is 9.22. The van der Waals surface area contributed by atoms with Gasteiger partial charge in [-0.15, -0.1) is 0 Å². The summed E-state index contributed by atoms with van der Waals surface area (Å²) in [5.41, 5.74) is 1.76. The molecule has 1 aromatic heterocycles. The second-order valence-corrected chi connectivity index (χ2v) is 10.5. The third-order valence-corrected chi connectivity index (χ3v) is 9.22. The summed E-state index contributed by atoms with van der Waals surface area (Å²) < 4.78 is 5.46. The molecule has 3 aliphatic carbocycles. The van der Waals surface area contributed by atoms with Crippen molar-refractivity contribution in [3.05, 3.63) is 36.3 Å². The maximum Gasteiger partial charge on any atom is 0.117 e. The Morgan fingerprint density at radius 2 is 2.03 bits per heavy atom. The fourth-order valence-electron chi connectivity index (χ4n) is 7.25. The molecule has 7 atom stereocenters. The van der Waals surface area contributed by atoms with Gasteiger partial charge < -0.3 is 19.9 Å². The van der Waals surface area contributed by atoms with Crippen LogP contribution in [0.3, 0.4) is 0 Å². The largest absolute Gasteiger partial charge is 0.468 e. The Labute approximate surface area is 175 Å². The summed E-state index contributed by atoms with van der Waals surface area (Å²) in [6.45, 7) is 11.1. The Morgan fingerprint density at radius 3 is 2.76 bits per heavy atom. The fourth-order valence-corrected chi connectivity index (χ4v) is 7.25. The van der Waals surface area contributed by atoms with Crippen LogP contribution in [-0.4, -0.2) is 29.5 Å². The molecule has 0 amide bonds. The number of hydrogen-bond donors (Lipinski definition) is 3. The standard InChI is InChI=1S/C25H39NO3/c1-17-6-7-22-21(16-27)23(9-11-24(17,22)2)25(3)10-8-19(28)13-18(25)14-26-15-20-5-4-12-29-20/h4-5,12,18-19,21-23,26-28H,1,6-11,13-16H2,2-3H3/t18-,19+,21+,22?,23?,24-,25+/m1/s1. The van der Waals surface area contributed by atoms with Gasteiger partial charge in [0, 0.05) is 6.61 Å². The first-order chi connectivity index (χ1) is 13.9. The molecule has 3 N–H and O–H groups in total. The molecule has 162 valence electrons. The van der Waals surface area contributed by atoms with E-state index in [0.717, 1.165) is 44.5 Å². The molecule has 0 aromatic carbocycles. The first kappa shape index (κ1) is 21.1. The summed E-state index contributed by atoms with van der Waals surface area (Å²) >= 11 is 0. The molecule has 2 unspecified atom stereocenters. The van der Waals surface area contributed by atoms with Gasteiger partial charge in [0.25, 0.3) is 0 Å². The number of aliphatic hydroxyl groups is 2. The lowest BCUT2D eigenvalue weighted by Gasteiger charge is -2.56. The number of rotatable bonds is 6. The van der Waals surface area contributed by atoms with Gasteiger partial charge >= 0.3 is 0 Å². The van der Waals surface area contributed by atoms with Crippen molar-refractivity contribution >= 4 is 0 Å². The Kier molecular flexibility index (Phi) is 5.98. The number of hydrogen-bond acceptors (Lipinski definition) is 4. The van der Waals surface area contributed by atoms with Crippen LogP contribution in [0.25, 0.3) is 0 Å². The maximum absolute atomic E-state index is 10.5. The zero-order valence-corrected chi connectivity index (χ0v) is 18.2. The minimum atomic E-state index is -0.203. The van der Waals surface area contributed by atoms with Crippen LogP contribution >= 0.6 is 0 Å². The molecule has 4 rings (SSSR count). The number of furan rings is 1. The molecule has 1 aromatic rings. The number of fused-ring (bicyclic) bond motifs is 1. The molecule has 0 aliphatic heterocycles. The molecule has 3 aliphatic rings. The van der Waals surface area contributed by atoms with Gasteiger partial charge in [0.2, 0.25) is 0 Å². The van der Waals surface area contributed by atoms with E-state index in [1.54, 1.807) is 6.26 Å². The predicted octanol–water partition coefficient (Wildman–Crippen LogP) is 4.53. The lowest BCUT2D eigenvalue weighted by atomic mass is 9.49. The highest BCUT2D eigenvalue weighted by Gasteiger charge is 2.56. The maximum atomic E-state index is 10.5. The van der Waals surface area contributed by atoms with E-state index in [0.29, 0.717) is 23.7 Å². The summed E-state index contributed by atoms with van der Waals surface area (Å²) in [5.74, 6) is 2.78. The van der Waals surface area contributed by atoms with E-state index in [4.69, 9.17) is 4.42 Å². The number of nitrogens with one attached hydrogen (secondary N) is 1. The molecular weight excluding hydrogens is 362 g/mol. The van der Waals surface area contributed by atoms with Crippen molar-refractivity contribution in [2.45, 2.75) is 71.4 Å². The minimum absolute atomic E-state index is 0.147. The highest BCUT2D eigenvalue weighted by Crippen LogP contribution is 2.63. The first-order valence-electron chi connectivity index (χ1n) is 11.6. The van der Waals surface area contributed by atoms with Gasteiger partial charge in [0.1, 0.15) is 5.76 Å². The Hall–Kier alpha value is -1.10. The van der Waals surface area contributed by atoms with Crippen molar-refractivity contribution in [3.8, 4) is 0 Å². The monoisotopic (exact) mass is 401 g/mol. The van der Waals surface area contributed by atoms with Crippen LogP contribution in [0.4, 0.5) is 0 Å². The van der Waals surface area contributed by atoms with E-state index in [2.05, 4.69) is 25.7 Å². The summed E-state index contributed by atoms with van der Waals surface area (Å²) in [5, 5.41) is 24.5. The number of allylic oxidation sites excluding steroid dienone is 1. The normalized spacial score (nSPS) is 42.8. The second kappa shape index (κ2) is 8.20. The van der Waals surface area contributed by atoms with E-state index < -0.39 is 0 Å². The van der Waals surface area contributed by atoms with Crippen LogP contribution in [0.15, 0.2) is 35.0 Å². The van der Waals surface area contributed by atoms with Crippen molar-refractivity contribution in [3.63, 3.8) is 0 Å². The van der Waals surface area contributed by atoms with Crippen LogP contribution in [0.1, 0.15) is 64.6 Å². The molecule has 4 heteroatoms. The smallest absolute Gasteiger partial charge is 0.117 e. The van der Waals surface area contributed by atoms with Crippen LogP contribution in [0.5, 0.6) is 0 Å². The molecule has 1 heterocycles. The SMILES string of the molecule is C=C1CCC2[C@H](CO)C([C@@]3(C)CC[C@H](O)C[C@@H]3CNCc3ccco3)CC[C@]12C. The predicted molar refractivity (Wildman–Crippen MR) is 115 cm³/mol. The second-order valence-electron chi connectivity index (χ2n) is 10.5. The van der Waals surface area contributed by atoms with E-state index in [-0.39, 0.29) is 23.5 Å². The van der Waals surface area contributed by atoms with E-state index in [1.165, 1.54) is 24.8 Å². The van der Waals surface area contributed by atoms with Crippen molar-refractivity contribution in [2.75, 3.05) is 13.2 Å². The quantitative estimate of drug-likeness (QED) is 0.613. The highest BCUT2D eigenvalue weighted by molar-refractivity contribution is 5.20. The molecular formula is C25H39NO3. The zero-order chi connectivity index (χ0) is 20.6. The van der Waals surface area contributed by atoms with Gasteiger partial charge in [0.05, 0.1) is 18.9 Å². The molecule has 3 fully saturated rings. The average molecular weight is 402 g/mol. The van der Waals surface area contributed by atoms with Crippen LogP contribution in [0, 0.1) is 34.5 Å². The van der Waals surface area contributed by atoms with Gasteiger partial charge in [-0.25, -0.2) is 0 Å². The highest BCUT2D eigenvalue weighted by atomic mass is 16.3. The Bertz CT molecular complexity index is 701. The van der Waals surface area contributed by atoms with E-state index in [1.807, 2.05) is 12.1 Å². The van der Waals surface area contributed by atoms with Crippen LogP contribution < -0.4 is 5.32 Å². The van der Waals surface area contributed by atoms with Crippen molar-refractivity contribution in [2.24, 2.45) is 34.5 Å². The van der Waals surface area contributed by atoms with E-state index >= 15 is 0 Å². The van der Waals surface area contributed by atoms with E-state index in [9.17, 15) is 10.2 Å². The molecule has 0 bridgehead atoms. The summed E-state index contributed by atoms with van der Waals surface area (Å²) in [6.07, 6.45) is 8.95. The lowest BCUT2D eigenvalue weighted by molar-refractivity contribution is -0.0930. The minimum Gasteiger partial charge on any atom is -0.468 e. The van der Waals surface area contributed by atoms with Gasteiger partial charge in [-0.05, 0) is 98.1 Å². The van der Waals surface area contributed by atoms with Crippen molar-refractivity contribution < 1.29 is 14.6 Å². The lowest BCUT2D eigenvalue weighted by Crippen LogP contribution is -2.53.